The van der Waals surface area contributed by atoms with E-state index in [9.17, 15) is 0 Å². The van der Waals surface area contributed by atoms with E-state index in [0.29, 0.717) is 11.6 Å². The van der Waals surface area contributed by atoms with Crippen LogP contribution in [0.15, 0.2) is 70.0 Å². The number of hydrogen-bond acceptors (Lipinski definition) is 3. The summed E-state index contributed by atoms with van der Waals surface area (Å²) in [6.07, 6.45) is 3.58. The van der Waals surface area contributed by atoms with E-state index in [-0.39, 0.29) is 0 Å². The predicted octanol–water partition coefficient (Wildman–Crippen LogP) is 3.84. The van der Waals surface area contributed by atoms with Crippen LogP contribution in [0, 0.1) is 16.2 Å². The smallest absolute Gasteiger partial charge is 0.207 e. The van der Waals surface area contributed by atoms with Crippen molar-refractivity contribution in [3.63, 3.8) is 0 Å². The molecular formula is C16H16N4S. The first kappa shape index (κ1) is 14.9. The summed E-state index contributed by atoms with van der Waals surface area (Å²) in [5.74, 6) is 0.881. The van der Waals surface area contributed by atoms with Crippen LogP contribution in [0.4, 0.5) is 0 Å². The van der Waals surface area contributed by atoms with E-state index in [4.69, 9.17) is 10.0 Å². The molecule has 1 unspecified atom stereocenters. The standard InChI is InChI=1S/C16H16N4S/c1-21(18,12-14-8-4-2-5-9-14)20-16(19-13-17)15-10-6-3-7-11-15/h2-11,18H,12H2,1H3. The lowest BCUT2D eigenvalue weighted by molar-refractivity contribution is 1.36. The Balaban J connectivity index is 2.37. The minimum absolute atomic E-state index is 0.335. The Kier molecular flexibility index (Phi) is 4.85. The maximum absolute atomic E-state index is 8.84. The molecule has 0 amide bonds. The molecule has 1 atom stereocenters. The molecule has 0 saturated carbocycles. The normalized spacial score (nSPS) is 14.0. The first-order valence-electron chi connectivity index (χ1n) is 6.40. The number of nitriles is 1. The molecule has 0 radical (unpaired) electrons. The van der Waals surface area contributed by atoms with Gasteiger partial charge >= 0.3 is 0 Å². The summed E-state index contributed by atoms with van der Waals surface area (Å²) in [6, 6.07) is 19.1. The van der Waals surface area contributed by atoms with Crippen LogP contribution >= 0.6 is 0 Å². The fourth-order valence-electron chi connectivity index (χ4n) is 1.89. The Morgan fingerprint density at radius 2 is 1.67 bits per heavy atom. The number of rotatable bonds is 3. The van der Waals surface area contributed by atoms with Crippen molar-refractivity contribution >= 4 is 15.5 Å². The molecule has 0 aliphatic carbocycles. The molecule has 0 bridgehead atoms. The second kappa shape index (κ2) is 6.82. The highest BCUT2D eigenvalue weighted by Crippen LogP contribution is 2.11. The topological polar surface area (TPSA) is 72.4 Å². The van der Waals surface area contributed by atoms with Gasteiger partial charge in [-0.3, -0.25) is 4.78 Å². The van der Waals surface area contributed by atoms with E-state index < -0.39 is 9.62 Å². The highest BCUT2D eigenvalue weighted by Gasteiger charge is 2.06. The van der Waals surface area contributed by atoms with Gasteiger partial charge in [0.25, 0.3) is 0 Å². The number of amidine groups is 1. The first-order valence-corrected chi connectivity index (χ1v) is 8.57. The Labute approximate surface area is 125 Å². The van der Waals surface area contributed by atoms with Crippen molar-refractivity contribution in [3.05, 3.63) is 71.8 Å². The number of nitrogens with one attached hydrogen (secondary N) is 1. The number of aliphatic imine (C=N–C) groups is 1. The molecule has 5 heteroatoms. The summed E-state index contributed by atoms with van der Waals surface area (Å²) in [4.78, 5) is 3.78. The maximum Gasteiger partial charge on any atom is 0.207 e. The fraction of sp³-hybridized carbons (Fsp3) is 0.125. The summed E-state index contributed by atoms with van der Waals surface area (Å²) < 4.78 is 12.9. The van der Waals surface area contributed by atoms with Crippen molar-refractivity contribution < 1.29 is 0 Å². The highest BCUT2D eigenvalue weighted by molar-refractivity contribution is 7.93. The molecule has 2 aromatic carbocycles. The van der Waals surface area contributed by atoms with E-state index in [1.807, 2.05) is 60.7 Å². The third-order valence-electron chi connectivity index (χ3n) is 2.77. The van der Waals surface area contributed by atoms with Gasteiger partial charge in [0.1, 0.15) is 0 Å². The molecule has 0 heterocycles. The molecule has 1 N–H and O–H groups in total. The van der Waals surface area contributed by atoms with E-state index in [2.05, 4.69) is 9.36 Å². The lowest BCUT2D eigenvalue weighted by Gasteiger charge is -2.09. The monoisotopic (exact) mass is 296 g/mol. The molecule has 2 aromatic rings. The van der Waals surface area contributed by atoms with Gasteiger partial charge in [0.2, 0.25) is 6.19 Å². The van der Waals surface area contributed by atoms with Crippen LogP contribution in [0.3, 0.4) is 0 Å². The van der Waals surface area contributed by atoms with Crippen LogP contribution < -0.4 is 0 Å². The molecular weight excluding hydrogens is 280 g/mol. The number of nitrogens with zero attached hydrogens (tertiary/aromatic N) is 3. The van der Waals surface area contributed by atoms with Crippen LogP contribution in [0.1, 0.15) is 11.1 Å². The predicted molar refractivity (Wildman–Crippen MR) is 87.2 cm³/mol. The zero-order chi connectivity index (χ0) is 15.1. The number of hydrogen-bond donors (Lipinski definition) is 1. The third-order valence-corrected chi connectivity index (χ3v) is 4.24. The third kappa shape index (κ3) is 4.55. The summed E-state index contributed by atoms with van der Waals surface area (Å²) in [6.45, 7) is 0. The van der Waals surface area contributed by atoms with Gasteiger partial charge in [-0.15, -0.1) is 0 Å². The lowest BCUT2D eigenvalue weighted by atomic mass is 10.2. The summed E-state index contributed by atoms with van der Waals surface area (Å²) in [5, 5.41) is 8.84. The molecule has 4 nitrogen and oxygen atoms in total. The van der Waals surface area contributed by atoms with Gasteiger partial charge < -0.3 is 0 Å². The largest absolute Gasteiger partial charge is 0.270 e. The van der Waals surface area contributed by atoms with Crippen LogP contribution in [0.5, 0.6) is 0 Å². The SMILES string of the molecule is CS(=N)(Cc1ccccc1)=NC(=NC#N)c1ccccc1. The van der Waals surface area contributed by atoms with Crippen molar-refractivity contribution in [2.24, 2.45) is 9.36 Å². The maximum atomic E-state index is 8.84. The molecule has 0 fully saturated rings. The van der Waals surface area contributed by atoms with Crippen LogP contribution in [-0.4, -0.2) is 12.1 Å². The van der Waals surface area contributed by atoms with Crippen LogP contribution in [0.25, 0.3) is 0 Å². The Morgan fingerprint density at radius 3 is 2.24 bits per heavy atom. The summed E-state index contributed by atoms with van der Waals surface area (Å²) >= 11 is 0. The second-order valence-corrected chi connectivity index (χ2v) is 7.21. The molecule has 0 aromatic heterocycles. The molecule has 0 aliphatic heterocycles. The molecule has 0 saturated heterocycles. The van der Waals surface area contributed by atoms with Gasteiger partial charge in [-0.25, -0.2) is 0 Å². The number of benzene rings is 2. The van der Waals surface area contributed by atoms with E-state index >= 15 is 0 Å². The first-order chi connectivity index (χ1) is 10.1. The quantitative estimate of drug-likeness (QED) is 0.521. The molecule has 0 spiro atoms. The fourth-order valence-corrected chi connectivity index (χ4v) is 3.33. The molecule has 106 valence electrons. The zero-order valence-corrected chi connectivity index (χ0v) is 12.5. The van der Waals surface area contributed by atoms with Crippen LogP contribution in [-0.2, 0) is 15.4 Å². The Hall–Kier alpha value is -2.45. The lowest BCUT2D eigenvalue weighted by Crippen LogP contribution is -2.05. The average Bonchev–Trinajstić information content (AvgIpc) is 2.48. The molecule has 2 rings (SSSR count). The van der Waals surface area contributed by atoms with Gasteiger partial charge in [-0.1, -0.05) is 70.3 Å². The van der Waals surface area contributed by atoms with E-state index in [0.717, 1.165) is 11.1 Å². The van der Waals surface area contributed by atoms with Crippen molar-refractivity contribution in [1.29, 1.82) is 10.0 Å². The summed E-state index contributed by atoms with van der Waals surface area (Å²) in [5.41, 5.74) is 1.83. The van der Waals surface area contributed by atoms with Crippen LogP contribution in [0.2, 0.25) is 0 Å². The minimum Gasteiger partial charge on any atom is -0.270 e. The molecule has 21 heavy (non-hydrogen) atoms. The van der Waals surface area contributed by atoms with Crippen molar-refractivity contribution in [2.75, 3.05) is 6.26 Å². The second-order valence-electron chi connectivity index (χ2n) is 4.66. The summed E-state index contributed by atoms with van der Waals surface area (Å²) in [7, 11) is -2.01. The minimum atomic E-state index is -2.01. The van der Waals surface area contributed by atoms with Gasteiger partial charge in [-0.05, 0) is 5.56 Å². The van der Waals surface area contributed by atoms with Crippen molar-refractivity contribution in [3.8, 4) is 6.19 Å². The van der Waals surface area contributed by atoms with Gasteiger partial charge in [0.15, 0.2) is 5.84 Å². The van der Waals surface area contributed by atoms with Gasteiger partial charge in [0, 0.05) is 17.6 Å². The Morgan fingerprint density at radius 1 is 1.10 bits per heavy atom. The van der Waals surface area contributed by atoms with E-state index in [1.54, 1.807) is 12.4 Å². The average molecular weight is 296 g/mol. The van der Waals surface area contributed by atoms with Gasteiger partial charge in [0.05, 0.1) is 0 Å². The van der Waals surface area contributed by atoms with E-state index in [1.165, 1.54) is 0 Å². The molecule has 0 aliphatic rings. The van der Waals surface area contributed by atoms with Crippen molar-refractivity contribution in [2.45, 2.75) is 5.75 Å². The zero-order valence-electron chi connectivity index (χ0n) is 11.7. The Bertz CT molecular complexity index is 780. The van der Waals surface area contributed by atoms with Gasteiger partial charge in [-0.2, -0.15) is 14.6 Å². The van der Waals surface area contributed by atoms with Crippen molar-refractivity contribution in [1.82, 2.24) is 0 Å². The highest BCUT2D eigenvalue weighted by atomic mass is 32.2.